The third-order valence-corrected chi connectivity index (χ3v) is 5.79. The first-order chi connectivity index (χ1) is 6.76. The van der Waals surface area contributed by atoms with Crippen LogP contribution >= 0.6 is 15.9 Å². The zero-order valence-corrected chi connectivity index (χ0v) is 11.0. The fourth-order valence-corrected chi connectivity index (χ4v) is 5.08. The van der Waals surface area contributed by atoms with E-state index in [2.05, 4.69) is 22.9 Å². The summed E-state index contributed by atoms with van der Waals surface area (Å²) in [5.74, 6) is 2.06. The van der Waals surface area contributed by atoms with Gasteiger partial charge in [-0.15, -0.1) is 0 Å². The molecule has 14 heavy (non-hydrogen) atoms. The van der Waals surface area contributed by atoms with Crippen LogP contribution in [0.25, 0.3) is 0 Å². The van der Waals surface area contributed by atoms with Gasteiger partial charge in [-0.05, 0) is 31.1 Å². The molecule has 2 saturated carbocycles. The smallest absolute Gasteiger partial charge is 0.0288 e. The molecule has 0 aromatic rings. The maximum Gasteiger partial charge on any atom is 0.0288 e. The van der Waals surface area contributed by atoms with E-state index >= 15 is 0 Å². The van der Waals surface area contributed by atoms with Gasteiger partial charge in [-0.2, -0.15) is 0 Å². The summed E-state index contributed by atoms with van der Waals surface area (Å²) in [4.78, 5) is 0. The van der Waals surface area contributed by atoms with E-state index in [1.54, 1.807) is 0 Å². The molecule has 0 aliphatic heterocycles. The summed E-state index contributed by atoms with van der Waals surface area (Å²) in [7, 11) is 0. The second-order valence-electron chi connectivity index (χ2n) is 5.33. The van der Waals surface area contributed by atoms with E-state index in [1.165, 1.54) is 57.8 Å². The molecule has 0 nitrogen and oxygen atoms in total. The molecule has 0 N–H and O–H groups in total. The van der Waals surface area contributed by atoms with E-state index < -0.39 is 0 Å². The van der Waals surface area contributed by atoms with Crippen LogP contribution in [0.1, 0.15) is 64.7 Å². The lowest BCUT2D eigenvalue weighted by molar-refractivity contribution is 0.124. The summed E-state index contributed by atoms with van der Waals surface area (Å²) in [6, 6.07) is 0. The Bertz CT molecular complexity index is 184. The molecule has 0 spiro atoms. The van der Waals surface area contributed by atoms with Crippen molar-refractivity contribution in [2.75, 3.05) is 0 Å². The summed E-state index contributed by atoms with van der Waals surface area (Å²) in [6.45, 7) is 2.33. The Kier molecular flexibility index (Phi) is 3.57. The SMILES string of the molecule is CCCC1(Br)CCC[C@H]2CCCC[C@H]21. The van der Waals surface area contributed by atoms with Crippen molar-refractivity contribution in [3.8, 4) is 0 Å². The van der Waals surface area contributed by atoms with Crippen molar-refractivity contribution < 1.29 is 0 Å². The maximum atomic E-state index is 4.10. The predicted octanol–water partition coefficient (Wildman–Crippen LogP) is 4.91. The first-order valence-electron chi connectivity index (χ1n) is 6.45. The zero-order valence-electron chi connectivity index (χ0n) is 9.40. The highest BCUT2D eigenvalue weighted by atomic mass is 79.9. The van der Waals surface area contributed by atoms with Crippen molar-refractivity contribution in [3.63, 3.8) is 0 Å². The van der Waals surface area contributed by atoms with Crippen molar-refractivity contribution >= 4 is 15.9 Å². The number of fused-ring (bicyclic) bond motifs is 1. The van der Waals surface area contributed by atoms with Gasteiger partial charge in [0, 0.05) is 4.32 Å². The first-order valence-corrected chi connectivity index (χ1v) is 7.24. The van der Waals surface area contributed by atoms with Gasteiger partial charge in [-0.25, -0.2) is 0 Å². The highest BCUT2D eigenvalue weighted by Crippen LogP contribution is 2.52. The number of alkyl halides is 1. The quantitative estimate of drug-likeness (QED) is 0.618. The van der Waals surface area contributed by atoms with Crippen LogP contribution in [-0.4, -0.2) is 4.32 Å². The van der Waals surface area contributed by atoms with Gasteiger partial charge in [-0.1, -0.05) is 61.4 Å². The topological polar surface area (TPSA) is 0 Å². The van der Waals surface area contributed by atoms with Crippen molar-refractivity contribution in [2.45, 2.75) is 69.0 Å². The molecule has 3 atom stereocenters. The van der Waals surface area contributed by atoms with Crippen LogP contribution in [0, 0.1) is 11.8 Å². The minimum Gasteiger partial charge on any atom is -0.0850 e. The molecule has 2 fully saturated rings. The van der Waals surface area contributed by atoms with Crippen LogP contribution < -0.4 is 0 Å². The molecule has 1 unspecified atom stereocenters. The van der Waals surface area contributed by atoms with Crippen LogP contribution in [0.5, 0.6) is 0 Å². The second kappa shape index (κ2) is 4.55. The van der Waals surface area contributed by atoms with E-state index in [0.717, 1.165) is 11.8 Å². The molecule has 2 rings (SSSR count). The standard InChI is InChI=1S/C13H23Br/c1-2-9-13(14)10-5-7-11-6-3-4-8-12(11)13/h11-12H,2-10H2,1H3/t11-,12-,13?/m1/s1. The Balaban J connectivity index is 2.07. The van der Waals surface area contributed by atoms with Crippen LogP contribution in [0.4, 0.5) is 0 Å². The minimum absolute atomic E-state index is 0.533. The summed E-state index contributed by atoms with van der Waals surface area (Å²) in [5, 5.41) is 0. The maximum absolute atomic E-state index is 4.10. The van der Waals surface area contributed by atoms with E-state index in [1.807, 2.05) is 0 Å². The summed E-state index contributed by atoms with van der Waals surface area (Å²) in [6.07, 6.45) is 13.1. The molecule has 0 saturated heterocycles. The van der Waals surface area contributed by atoms with E-state index in [0.29, 0.717) is 4.32 Å². The van der Waals surface area contributed by atoms with E-state index in [9.17, 15) is 0 Å². The van der Waals surface area contributed by atoms with Crippen molar-refractivity contribution in [1.29, 1.82) is 0 Å². The minimum atomic E-state index is 0.533. The number of halogens is 1. The monoisotopic (exact) mass is 258 g/mol. The summed E-state index contributed by atoms with van der Waals surface area (Å²) < 4.78 is 0.533. The van der Waals surface area contributed by atoms with Gasteiger partial charge < -0.3 is 0 Å². The van der Waals surface area contributed by atoms with Crippen molar-refractivity contribution in [1.82, 2.24) is 0 Å². The second-order valence-corrected chi connectivity index (χ2v) is 6.91. The average Bonchev–Trinajstić information content (AvgIpc) is 2.19. The van der Waals surface area contributed by atoms with Crippen molar-refractivity contribution in [2.24, 2.45) is 11.8 Å². The van der Waals surface area contributed by atoms with Gasteiger partial charge in [0.15, 0.2) is 0 Å². The number of hydrogen-bond acceptors (Lipinski definition) is 0. The Morgan fingerprint density at radius 3 is 2.64 bits per heavy atom. The summed E-state index contributed by atoms with van der Waals surface area (Å²) in [5.41, 5.74) is 0. The predicted molar refractivity (Wildman–Crippen MR) is 65.9 cm³/mol. The molecule has 0 heterocycles. The fourth-order valence-electron chi connectivity index (χ4n) is 3.80. The molecule has 0 aromatic carbocycles. The Morgan fingerprint density at radius 1 is 1.14 bits per heavy atom. The fraction of sp³-hybridized carbons (Fsp3) is 1.00. The Morgan fingerprint density at radius 2 is 1.86 bits per heavy atom. The van der Waals surface area contributed by atoms with Gasteiger partial charge >= 0.3 is 0 Å². The number of hydrogen-bond donors (Lipinski definition) is 0. The molecular formula is C13H23Br. The normalized spacial score (nSPS) is 43.3. The molecule has 0 bridgehead atoms. The van der Waals surface area contributed by atoms with E-state index in [-0.39, 0.29) is 0 Å². The molecule has 0 amide bonds. The Labute approximate surface area is 97.0 Å². The zero-order chi connectivity index (χ0) is 10.0. The molecule has 2 aliphatic carbocycles. The lowest BCUT2D eigenvalue weighted by Gasteiger charge is -2.47. The molecule has 82 valence electrons. The van der Waals surface area contributed by atoms with E-state index in [4.69, 9.17) is 0 Å². The first kappa shape index (κ1) is 11.0. The molecule has 2 aliphatic rings. The lowest BCUT2D eigenvalue weighted by atomic mass is 9.64. The third kappa shape index (κ3) is 2.03. The van der Waals surface area contributed by atoms with Crippen LogP contribution in [0.2, 0.25) is 0 Å². The largest absolute Gasteiger partial charge is 0.0850 e. The number of rotatable bonds is 2. The van der Waals surface area contributed by atoms with Gasteiger partial charge in [-0.3, -0.25) is 0 Å². The van der Waals surface area contributed by atoms with Gasteiger partial charge in [0.2, 0.25) is 0 Å². The van der Waals surface area contributed by atoms with Crippen molar-refractivity contribution in [3.05, 3.63) is 0 Å². The third-order valence-electron chi connectivity index (χ3n) is 4.41. The van der Waals surface area contributed by atoms with Gasteiger partial charge in [0.25, 0.3) is 0 Å². The molecule has 1 heteroatoms. The Hall–Kier alpha value is 0.480. The highest BCUT2D eigenvalue weighted by Gasteiger charge is 2.43. The molecular weight excluding hydrogens is 236 g/mol. The van der Waals surface area contributed by atoms with Crippen LogP contribution in [0.3, 0.4) is 0 Å². The van der Waals surface area contributed by atoms with Crippen LogP contribution in [-0.2, 0) is 0 Å². The molecule has 0 aromatic heterocycles. The highest BCUT2D eigenvalue weighted by molar-refractivity contribution is 9.10. The lowest BCUT2D eigenvalue weighted by Crippen LogP contribution is -2.41. The average molecular weight is 259 g/mol. The van der Waals surface area contributed by atoms with Crippen LogP contribution in [0.15, 0.2) is 0 Å². The van der Waals surface area contributed by atoms with Gasteiger partial charge in [0.1, 0.15) is 0 Å². The van der Waals surface area contributed by atoms with Gasteiger partial charge in [0.05, 0.1) is 0 Å². The summed E-state index contributed by atoms with van der Waals surface area (Å²) >= 11 is 4.10. The molecule has 0 radical (unpaired) electrons.